The molecule has 0 aromatic heterocycles. The van der Waals surface area contributed by atoms with Crippen molar-refractivity contribution in [2.24, 2.45) is 0 Å². The first-order valence-corrected chi connectivity index (χ1v) is 30.9. The molecule has 0 rings (SSSR count). The first-order valence-electron chi connectivity index (χ1n) is 30.9. The molecule has 6 heteroatoms. The SMILES string of the molecule is CCCCC/C=C\C/C=C\CCCCCCCCCC(CC(=O)NC(CO)C(O)CCCCCCCCCCCCCCCCCC)OC(=O)CCCCCCC/C=C/C=C/CCCCCCCCC. The Kier molecular flexibility index (Phi) is 55.9. The van der Waals surface area contributed by atoms with E-state index < -0.39 is 18.2 Å². The summed E-state index contributed by atoms with van der Waals surface area (Å²) >= 11 is 0. The number of ether oxygens (including phenoxy) is 1. The molecule has 1 amide bonds. The van der Waals surface area contributed by atoms with Crippen LogP contribution in [0.2, 0.25) is 0 Å². The highest BCUT2D eigenvalue weighted by Crippen LogP contribution is 2.19. The monoisotopic (exact) mass is 982 g/mol. The van der Waals surface area contributed by atoms with Crippen molar-refractivity contribution in [2.45, 2.75) is 341 Å². The topological polar surface area (TPSA) is 95.9 Å². The van der Waals surface area contributed by atoms with Crippen molar-refractivity contribution in [3.05, 3.63) is 48.6 Å². The highest BCUT2D eigenvalue weighted by molar-refractivity contribution is 5.77. The fourth-order valence-electron chi connectivity index (χ4n) is 9.45. The summed E-state index contributed by atoms with van der Waals surface area (Å²) in [6, 6.07) is -0.709. The van der Waals surface area contributed by atoms with Crippen LogP contribution in [0, 0.1) is 0 Å². The van der Waals surface area contributed by atoms with Crippen LogP contribution in [0.15, 0.2) is 48.6 Å². The third-order valence-electron chi connectivity index (χ3n) is 14.2. The number of hydrogen-bond acceptors (Lipinski definition) is 5. The van der Waals surface area contributed by atoms with E-state index in [1.54, 1.807) is 0 Å². The summed E-state index contributed by atoms with van der Waals surface area (Å²) in [6.45, 7) is 6.49. The van der Waals surface area contributed by atoms with Crippen LogP contribution < -0.4 is 5.32 Å². The second kappa shape index (κ2) is 57.7. The maximum absolute atomic E-state index is 13.3. The van der Waals surface area contributed by atoms with Crippen LogP contribution in [0.1, 0.15) is 323 Å². The summed E-state index contributed by atoms with van der Waals surface area (Å²) < 4.78 is 5.97. The number of esters is 1. The zero-order valence-electron chi connectivity index (χ0n) is 46.9. The van der Waals surface area contributed by atoms with Gasteiger partial charge in [0, 0.05) is 6.42 Å². The number of hydrogen-bond donors (Lipinski definition) is 3. The van der Waals surface area contributed by atoms with Gasteiger partial charge in [0.25, 0.3) is 0 Å². The molecule has 0 aromatic rings. The van der Waals surface area contributed by atoms with E-state index in [0.717, 1.165) is 83.5 Å². The molecule has 0 bridgehead atoms. The predicted molar refractivity (Wildman–Crippen MR) is 305 cm³/mol. The summed E-state index contributed by atoms with van der Waals surface area (Å²) in [5, 5.41) is 24.0. The molecule has 6 nitrogen and oxygen atoms in total. The molecule has 0 fully saturated rings. The lowest BCUT2D eigenvalue weighted by Crippen LogP contribution is -2.46. The largest absolute Gasteiger partial charge is 0.462 e. The number of aliphatic hydroxyl groups is 2. The Bertz CT molecular complexity index is 1190. The molecular weight excluding hydrogens is 863 g/mol. The number of carbonyl (C=O) groups is 2. The van der Waals surface area contributed by atoms with Crippen molar-refractivity contribution in [3.8, 4) is 0 Å². The maximum Gasteiger partial charge on any atom is 0.306 e. The van der Waals surface area contributed by atoms with Crippen LogP contribution in [0.5, 0.6) is 0 Å². The zero-order chi connectivity index (χ0) is 50.9. The Balaban J connectivity index is 4.58. The van der Waals surface area contributed by atoms with Crippen molar-refractivity contribution < 1.29 is 24.5 Å². The Hall–Kier alpha value is -2.18. The third-order valence-corrected chi connectivity index (χ3v) is 14.2. The Morgan fingerprint density at radius 1 is 0.429 bits per heavy atom. The average Bonchev–Trinajstić information content (AvgIpc) is 3.35. The molecule has 3 N–H and O–H groups in total. The van der Waals surface area contributed by atoms with Crippen molar-refractivity contribution in [1.82, 2.24) is 5.32 Å². The molecule has 70 heavy (non-hydrogen) atoms. The molecule has 0 saturated heterocycles. The van der Waals surface area contributed by atoms with E-state index in [-0.39, 0.29) is 24.9 Å². The van der Waals surface area contributed by atoms with Crippen molar-refractivity contribution >= 4 is 11.9 Å². The van der Waals surface area contributed by atoms with E-state index >= 15 is 0 Å². The van der Waals surface area contributed by atoms with Gasteiger partial charge in [0.15, 0.2) is 0 Å². The van der Waals surface area contributed by atoms with Crippen LogP contribution in [0.25, 0.3) is 0 Å². The lowest BCUT2D eigenvalue weighted by atomic mass is 10.0. The molecule has 0 aliphatic heterocycles. The summed E-state index contributed by atoms with van der Waals surface area (Å²) in [5.41, 5.74) is 0. The summed E-state index contributed by atoms with van der Waals surface area (Å²) in [5.74, 6) is -0.485. The molecule has 0 saturated carbocycles. The minimum absolute atomic E-state index is 0.0675. The van der Waals surface area contributed by atoms with Gasteiger partial charge in [0.05, 0.1) is 25.2 Å². The number of rotatable bonds is 56. The second-order valence-corrected chi connectivity index (χ2v) is 21.1. The molecule has 0 spiro atoms. The standard InChI is InChI=1S/C64H119NO5/c1-4-7-10-13-16-19-22-25-28-31-33-36-39-42-45-48-51-54-57-64(69)70-60(55-52-49-46-43-40-37-34-32-29-26-23-20-17-14-11-8-5-2)58-63(68)65-61(59-66)62(67)56-53-50-47-44-41-38-35-30-27-24-21-18-15-12-9-6-3/h17,20,26,28-29,31,33,36,60-62,66-67H,4-16,18-19,21-25,27,30,32,34-35,37-59H2,1-3H3,(H,65,68)/b20-17-,29-26-,31-28+,36-33+. The minimum Gasteiger partial charge on any atom is -0.462 e. The fourth-order valence-corrected chi connectivity index (χ4v) is 9.45. The molecule has 0 aliphatic rings. The normalized spacial score (nSPS) is 13.4. The molecule has 0 radical (unpaired) electrons. The molecule has 410 valence electrons. The number of aliphatic hydroxyl groups excluding tert-OH is 2. The number of nitrogens with one attached hydrogen (secondary N) is 1. The van der Waals surface area contributed by atoms with Gasteiger partial charge in [-0.1, -0.05) is 275 Å². The van der Waals surface area contributed by atoms with Crippen LogP contribution >= 0.6 is 0 Å². The molecule has 0 aliphatic carbocycles. The third kappa shape index (κ3) is 52.2. The summed E-state index contributed by atoms with van der Waals surface area (Å²) in [6.07, 6.45) is 71.8. The molecule has 3 unspecified atom stereocenters. The summed E-state index contributed by atoms with van der Waals surface area (Å²) in [4.78, 5) is 26.4. The Labute approximate surface area is 436 Å². The van der Waals surface area contributed by atoms with Gasteiger partial charge in [-0.3, -0.25) is 9.59 Å². The van der Waals surface area contributed by atoms with Crippen LogP contribution in [0.4, 0.5) is 0 Å². The second-order valence-electron chi connectivity index (χ2n) is 21.1. The van der Waals surface area contributed by atoms with Gasteiger partial charge in [0.2, 0.25) is 5.91 Å². The summed E-state index contributed by atoms with van der Waals surface area (Å²) in [7, 11) is 0. The van der Waals surface area contributed by atoms with E-state index in [9.17, 15) is 19.8 Å². The molecule has 0 aromatic carbocycles. The van der Waals surface area contributed by atoms with Crippen molar-refractivity contribution in [3.63, 3.8) is 0 Å². The number of amides is 1. The molecular formula is C64H119NO5. The first kappa shape index (κ1) is 67.8. The van der Waals surface area contributed by atoms with Crippen LogP contribution in [0.3, 0.4) is 0 Å². The van der Waals surface area contributed by atoms with Gasteiger partial charge in [-0.15, -0.1) is 0 Å². The number of unbranched alkanes of at least 4 members (excludes halogenated alkanes) is 37. The van der Waals surface area contributed by atoms with E-state index in [4.69, 9.17) is 4.74 Å². The minimum atomic E-state index is -0.794. The van der Waals surface area contributed by atoms with Gasteiger partial charge in [0.1, 0.15) is 6.10 Å². The van der Waals surface area contributed by atoms with Gasteiger partial charge in [-0.25, -0.2) is 0 Å². The van der Waals surface area contributed by atoms with Gasteiger partial charge >= 0.3 is 5.97 Å². The number of allylic oxidation sites excluding steroid dienone is 8. The van der Waals surface area contributed by atoms with E-state index in [1.165, 1.54) is 193 Å². The van der Waals surface area contributed by atoms with Gasteiger partial charge in [-0.05, 0) is 83.5 Å². The smallest absolute Gasteiger partial charge is 0.306 e. The van der Waals surface area contributed by atoms with Crippen molar-refractivity contribution in [1.29, 1.82) is 0 Å². The molecule has 3 atom stereocenters. The highest BCUT2D eigenvalue weighted by Gasteiger charge is 2.24. The Morgan fingerprint density at radius 3 is 1.20 bits per heavy atom. The lowest BCUT2D eigenvalue weighted by molar-refractivity contribution is -0.151. The number of carbonyl (C=O) groups excluding carboxylic acids is 2. The van der Waals surface area contributed by atoms with E-state index in [2.05, 4.69) is 74.7 Å². The fraction of sp³-hybridized carbons (Fsp3) is 0.844. The first-order chi connectivity index (χ1) is 34.5. The van der Waals surface area contributed by atoms with Crippen LogP contribution in [-0.2, 0) is 14.3 Å². The zero-order valence-corrected chi connectivity index (χ0v) is 46.9. The lowest BCUT2D eigenvalue weighted by Gasteiger charge is -2.24. The van der Waals surface area contributed by atoms with Crippen LogP contribution in [-0.4, -0.2) is 46.9 Å². The highest BCUT2D eigenvalue weighted by atomic mass is 16.5. The van der Waals surface area contributed by atoms with Crippen molar-refractivity contribution in [2.75, 3.05) is 6.61 Å². The van der Waals surface area contributed by atoms with E-state index in [1.807, 2.05) is 0 Å². The van der Waals surface area contributed by atoms with Gasteiger partial charge < -0.3 is 20.3 Å². The Morgan fingerprint density at radius 2 is 0.771 bits per heavy atom. The van der Waals surface area contributed by atoms with E-state index in [0.29, 0.717) is 19.3 Å². The molecule has 0 heterocycles. The predicted octanol–water partition coefficient (Wildman–Crippen LogP) is 19.4. The van der Waals surface area contributed by atoms with Gasteiger partial charge in [-0.2, -0.15) is 0 Å². The quantitative estimate of drug-likeness (QED) is 0.0244. The maximum atomic E-state index is 13.3. The average molecular weight is 983 g/mol.